The molecule has 0 fully saturated rings. The van der Waals surface area contributed by atoms with Crippen LogP contribution in [0.25, 0.3) is 0 Å². The summed E-state index contributed by atoms with van der Waals surface area (Å²) in [5.41, 5.74) is 0.798. The van der Waals surface area contributed by atoms with Crippen molar-refractivity contribution in [3.05, 3.63) is 34.3 Å². The largest absolute Gasteiger partial charge is 0.464 e. The first-order valence-corrected chi connectivity index (χ1v) is 7.61. The van der Waals surface area contributed by atoms with Crippen LogP contribution in [0.5, 0.6) is 0 Å². The van der Waals surface area contributed by atoms with Crippen LogP contribution in [0.15, 0.2) is 28.7 Å². The highest BCUT2D eigenvalue weighted by Crippen LogP contribution is 2.11. The highest BCUT2D eigenvalue weighted by Gasteiger charge is 2.17. The molecule has 2 N–H and O–H groups in total. The predicted octanol–water partition coefficient (Wildman–Crippen LogP) is 1.21. The molecule has 0 aliphatic carbocycles. The van der Waals surface area contributed by atoms with Crippen LogP contribution < -0.4 is 5.14 Å². The van der Waals surface area contributed by atoms with Crippen molar-refractivity contribution in [3.8, 4) is 0 Å². The van der Waals surface area contributed by atoms with Gasteiger partial charge in [-0.25, -0.2) is 13.6 Å². The van der Waals surface area contributed by atoms with Crippen molar-refractivity contribution < 1.29 is 17.9 Å². The number of carbonyl (C=O) groups excluding carboxylic acids is 1. The van der Waals surface area contributed by atoms with Crippen LogP contribution >= 0.6 is 15.9 Å². The van der Waals surface area contributed by atoms with E-state index in [1.807, 2.05) is 12.1 Å². The summed E-state index contributed by atoms with van der Waals surface area (Å²) < 4.78 is 27.6. The second-order valence-corrected chi connectivity index (χ2v) is 6.78. The lowest BCUT2D eigenvalue weighted by Crippen LogP contribution is -2.31. The summed E-state index contributed by atoms with van der Waals surface area (Å²) in [5, 5.41) is 4.01. The van der Waals surface area contributed by atoms with Crippen LogP contribution in [-0.4, -0.2) is 26.2 Å². The first-order chi connectivity index (χ1) is 8.29. The molecule has 0 bridgehead atoms. The number of primary sulfonamides is 1. The Morgan fingerprint density at radius 1 is 1.39 bits per heavy atom. The lowest BCUT2D eigenvalue weighted by molar-refractivity contribution is -0.142. The third-order valence-corrected chi connectivity index (χ3v) is 4.09. The Morgan fingerprint density at radius 2 is 1.94 bits per heavy atom. The van der Waals surface area contributed by atoms with E-state index in [1.54, 1.807) is 12.1 Å². The number of sulfonamides is 1. The monoisotopic (exact) mass is 335 g/mol. The van der Waals surface area contributed by atoms with E-state index in [2.05, 4.69) is 15.9 Å². The Bertz CT molecular complexity index is 512. The zero-order valence-corrected chi connectivity index (χ0v) is 12.2. The van der Waals surface area contributed by atoms with Crippen molar-refractivity contribution in [1.29, 1.82) is 0 Å². The Kier molecular flexibility index (Phi) is 5.30. The second-order valence-electron chi connectivity index (χ2n) is 3.89. The zero-order chi connectivity index (χ0) is 13.8. The molecule has 1 aromatic carbocycles. The minimum Gasteiger partial charge on any atom is -0.464 e. The molecule has 0 aliphatic rings. The van der Waals surface area contributed by atoms with Gasteiger partial charge in [-0.05, 0) is 24.6 Å². The maximum atomic E-state index is 11.5. The molecule has 0 aliphatic heterocycles. The number of halogens is 1. The molecule has 0 saturated heterocycles. The number of carbonyl (C=O) groups is 1. The number of nitrogens with two attached hydrogens (primary N) is 1. The number of benzene rings is 1. The van der Waals surface area contributed by atoms with Gasteiger partial charge in [0, 0.05) is 4.47 Å². The third kappa shape index (κ3) is 5.16. The van der Waals surface area contributed by atoms with Gasteiger partial charge in [0.2, 0.25) is 10.0 Å². The van der Waals surface area contributed by atoms with Crippen molar-refractivity contribution in [1.82, 2.24) is 0 Å². The summed E-state index contributed by atoms with van der Waals surface area (Å²) in [5.74, 6) is -0.479. The van der Waals surface area contributed by atoms with Crippen LogP contribution in [0, 0.1) is 0 Å². The Labute approximate surface area is 114 Å². The van der Waals surface area contributed by atoms with E-state index in [1.165, 1.54) is 6.92 Å². The fourth-order valence-electron chi connectivity index (χ4n) is 1.13. The fraction of sp³-hybridized carbons (Fsp3) is 0.364. The number of hydrogen-bond donors (Lipinski definition) is 1. The molecule has 1 unspecified atom stereocenters. The Morgan fingerprint density at radius 3 is 2.44 bits per heavy atom. The number of hydrogen-bond acceptors (Lipinski definition) is 4. The van der Waals surface area contributed by atoms with Gasteiger partial charge in [-0.1, -0.05) is 28.1 Å². The van der Waals surface area contributed by atoms with Crippen molar-refractivity contribution in [2.24, 2.45) is 5.14 Å². The van der Waals surface area contributed by atoms with E-state index < -0.39 is 21.2 Å². The van der Waals surface area contributed by atoms with Crippen molar-refractivity contribution in [2.75, 3.05) is 6.61 Å². The highest BCUT2D eigenvalue weighted by molar-refractivity contribution is 9.10. The molecule has 0 amide bonds. The molecule has 0 aromatic heterocycles. The van der Waals surface area contributed by atoms with Crippen LogP contribution in [0.2, 0.25) is 0 Å². The van der Waals surface area contributed by atoms with Crippen LogP contribution in [0.1, 0.15) is 12.5 Å². The van der Waals surface area contributed by atoms with Crippen molar-refractivity contribution in [2.45, 2.75) is 18.6 Å². The molecule has 0 spiro atoms. The minimum absolute atomic E-state index is 0.102. The van der Waals surface area contributed by atoms with Crippen LogP contribution in [0.4, 0.5) is 0 Å². The Hall–Kier alpha value is -0.920. The van der Waals surface area contributed by atoms with Crippen molar-refractivity contribution in [3.63, 3.8) is 0 Å². The van der Waals surface area contributed by atoms with E-state index >= 15 is 0 Å². The maximum Gasteiger partial charge on any atom is 0.310 e. The smallest absolute Gasteiger partial charge is 0.310 e. The van der Waals surface area contributed by atoms with Gasteiger partial charge in [-0.15, -0.1) is 0 Å². The van der Waals surface area contributed by atoms with E-state index in [-0.39, 0.29) is 13.0 Å². The average Bonchev–Trinajstić information content (AvgIpc) is 2.28. The lowest BCUT2D eigenvalue weighted by atomic mass is 10.2. The normalized spacial score (nSPS) is 13.1. The van der Waals surface area contributed by atoms with Gasteiger partial charge < -0.3 is 4.74 Å². The number of ether oxygens (including phenoxy) is 1. The molecule has 1 atom stereocenters. The van der Waals surface area contributed by atoms with Crippen LogP contribution in [0.3, 0.4) is 0 Å². The molecule has 7 heteroatoms. The molecule has 0 saturated carbocycles. The van der Waals surface area contributed by atoms with Gasteiger partial charge in [-0.3, -0.25) is 4.79 Å². The molecular formula is C11H14BrNO4S. The summed E-state index contributed by atoms with van der Waals surface area (Å²) in [7, 11) is -3.66. The fourth-order valence-corrected chi connectivity index (χ4v) is 1.65. The first kappa shape index (κ1) is 15.1. The van der Waals surface area contributed by atoms with Gasteiger partial charge in [0.05, 0.1) is 6.42 Å². The summed E-state index contributed by atoms with van der Waals surface area (Å²) >= 11 is 3.29. The van der Waals surface area contributed by atoms with Crippen LogP contribution in [-0.2, 0) is 26.0 Å². The topological polar surface area (TPSA) is 86.5 Å². The average molecular weight is 336 g/mol. The van der Waals surface area contributed by atoms with Gasteiger partial charge in [0.1, 0.15) is 11.9 Å². The zero-order valence-electron chi connectivity index (χ0n) is 9.80. The van der Waals surface area contributed by atoms with Gasteiger partial charge in [0.15, 0.2) is 0 Å². The summed E-state index contributed by atoms with van der Waals surface area (Å²) in [6.07, 6.45) is 0.102. The van der Waals surface area contributed by atoms with E-state index in [0.29, 0.717) is 0 Å². The van der Waals surface area contributed by atoms with Gasteiger partial charge >= 0.3 is 5.97 Å². The minimum atomic E-state index is -3.66. The SMILES string of the molecule is CC(COC(=O)Cc1ccc(Br)cc1)S(N)(=O)=O. The summed E-state index contributed by atoms with van der Waals surface area (Å²) in [4.78, 5) is 11.5. The van der Waals surface area contributed by atoms with Crippen molar-refractivity contribution >= 4 is 31.9 Å². The molecule has 0 radical (unpaired) electrons. The first-order valence-electron chi connectivity index (χ1n) is 5.20. The summed E-state index contributed by atoms with van der Waals surface area (Å²) in [6.45, 7) is 1.16. The quantitative estimate of drug-likeness (QED) is 0.819. The third-order valence-electron chi connectivity index (χ3n) is 2.30. The van der Waals surface area contributed by atoms with E-state index in [9.17, 15) is 13.2 Å². The van der Waals surface area contributed by atoms with Gasteiger partial charge in [-0.2, -0.15) is 0 Å². The molecule has 1 rings (SSSR count). The number of rotatable bonds is 5. The number of esters is 1. The highest BCUT2D eigenvalue weighted by atomic mass is 79.9. The lowest BCUT2D eigenvalue weighted by Gasteiger charge is -2.09. The molecular weight excluding hydrogens is 322 g/mol. The molecule has 18 heavy (non-hydrogen) atoms. The van der Waals surface area contributed by atoms with E-state index in [4.69, 9.17) is 9.88 Å². The molecule has 5 nitrogen and oxygen atoms in total. The predicted molar refractivity (Wildman–Crippen MR) is 71.4 cm³/mol. The van der Waals surface area contributed by atoms with Gasteiger partial charge in [0.25, 0.3) is 0 Å². The summed E-state index contributed by atoms with van der Waals surface area (Å²) in [6, 6.07) is 7.20. The second kappa shape index (κ2) is 6.31. The molecule has 0 heterocycles. The van der Waals surface area contributed by atoms with E-state index in [0.717, 1.165) is 10.0 Å². The standard InChI is InChI=1S/C11H14BrNO4S/c1-8(18(13,15)16)7-17-11(14)6-9-2-4-10(12)5-3-9/h2-5,8H,6-7H2,1H3,(H2,13,15,16). The molecule has 1 aromatic rings. The Balaban J connectivity index is 2.45. The molecule has 100 valence electrons. The maximum absolute atomic E-state index is 11.5.